The molecule has 1 atom stereocenters. The van der Waals surface area contributed by atoms with E-state index in [4.69, 9.17) is 48.1 Å². The van der Waals surface area contributed by atoms with Crippen molar-refractivity contribution in [2.45, 2.75) is 65.4 Å². The Balaban J connectivity index is 3.41. The molecule has 19 nitrogen and oxygen atoms in total. The molecule has 1 aromatic rings. The number of carbonyl (C=O) groups excluding carboxylic acids is 6. The van der Waals surface area contributed by atoms with Gasteiger partial charge in [-0.25, -0.2) is 28.8 Å². The van der Waals surface area contributed by atoms with Gasteiger partial charge < -0.3 is 48.1 Å². The molecule has 58 heavy (non-hydrogen) atoms. The molecule has 1 unspecified atom stereocenters. The summed E-state index contributed by atoms with van der Waals surface area (Å²) in [5.74, 6) is -5.10. The maximum absolute atomic E-state index is 13.3. The van der Waals surface area contributed by atoms with Gasteiger partial charge in [-0.3, -0.25) is 0 Å². The van der Waals surface area contributed by atoms with Crippen molar-refractivity contribution in [2.24, 2.45) is 0 Å². The number of ether oxygens (including phenoxy) is 8. The van der Waals surface area contributed by atoms with Crippen LogP contribution in [0.3, 0.4) is 0 Å². The predicted octanol–water partition coefficient (Wildman–Crippen LogP) is 2.71. The topological polar surface area (TPSA) is 255 Å². The first-order valence-electron chi connectivity index (χ1n) is 17.9. The minimum atomic E-state index is -1.39. The van der Waals surface area contributed by atoms with Crippen molar-refractivity contribution in [3.8, 4) is 18.0 Å². The lowest BCUT2D eigenvalue weighted by Crippen LogP contribution is -2.26. The van der Waals surface area contributed by atoms with Crippen LogP contribution in [0.15, 0.2) is 72.4 Å². The lowest BCUT2D eigenvalue weighted by molar-refractivity contribution is -0.154. The predicted molar refractivity (Wildman–Crippen MR) is 203 cm³/mol. The van der Waals surface area contributed by atoms with Crippen LogP contribution >= 0.6 is 0 Å². The number of esters is 6. The lowest BCUT2D eigenvalue weighted by Gasteiger charge is -2.17. The van der Waals surface area contributed by atoms with Gasteiger partial charge in [0.1, 0.15) is 33.0 Å². The molecule has 0 saturated heterocycles. The molecular weight excluding hydrogens is 766 g/mol. The van der Waals surface area contributed by atoms with E-state index in [0.29, 0.717) is 6.42 Å². The fourth-order valence-corrected chi connectivity index (χ4v) is 3.82. The van der Waals surface area contributed by atoms with E-state index < -0.39 is 54.5 Å². The number of hydrogen-bond acceptors (Lipinski definition) is 19. The lowest BCUT2D eigenvalue weighted by atomic mass is 10.1. The molecule has 19 heteroatoms. The zero-order chi connectivity index (χ0) is 43.6. The van der Waals surface area contributed by atoms with Crippen molar-refractivity contribution in [1.29, 1.82) is 0 Å². The van der Waals surface area contributed by atoms with Crippen LogP contribution in [0.4, 0.5) is 0 Å². The second-order valence-electron chi connectivity index (χ2n) is 12.2. The summed E-state index contributed by atoms with van der Waals surface area (Å²) in [4.78, 5) is 86.5. The number of aliphatic hydroxyl groups is 2. The molecule has 0 fully saturated rings. The van der Waals surface area contributed by atoms with Gasteiger partial charge in [-0.2, -0.15) is 0 Å². The van der Waals surface area contributed by atoms with Gasteiger partial charge >= 0.3 is 53.8 Å². The van der Waals surface area contributed by atoms with Gasteiger partial charge in [0.25, 0.3) is 0 Å². The minimum absolute atomic E-state index is 0.0162. The van der Waals surface area contributed by atoms with Crippen LogP contribution in [0.5, 0.6) is 18.0 Å². The van der Waals surface area contributed by atoms with Gasteiger partial charge in [0, 0.05) is 46.7 Å². The summed E-state index contributed by atoms with van der Waals surface area (Å²) in [6, 6.07) is -1.14. The highest BCUT2D eigenvalue weighted by molar-refractivity contribution is 6.01. The SMILES string of the molecule is C=C(C)C(=O)OCCOc1nc(OCCOC(=O)C(=C)C)nc(OCC(C=C(CCCOC(=O)C(=C)CCCO)C(=O)OC(=O)C(=C)CCCO)OC(=O)C(=C)C)n1. The van der Waals surface area contributed by atoms with Crippen molar-refractivity contribution in [3.63, 3.8) is 0 Å². The average molecular weight is 818 g/mol. The van der Waals surface area contributed by atoms with E-state index in [0.717, 1.165) is 6.08 Å². The second-order valence-corrected chi connectivity index (χ2v) is 12.2. The highest BCUT2D eigenvalue weighted by Crippen LogP contribution is 2.18. The van der Waals surface area contributed by atoms with Gasteiger partial charge in [0.15, 0.2) is 6.10 Å². The number of rotatable bonds is 29. The summed E-state index contributed by atoms with van der Waals surface area (Å²) in [5, 5.41) is 18.1. The van der Waals surface area contributed by atoms with Gasteiger partial charge in [0.2, 0.25) is 0 Å². The smallest absolute Gasteiger partial charge is 0.341 e. The quantitative estimate of drug-likeness (QED) is 0.0387. The Bertz CT molecular complexity index is 1670. The average Bonchev–Trinajstić information content (AvgIpc) is 3.18. The summed E-state index contributed by atoms with van der Waals surface area (Å²) in [5.41, 5.74) is 0.177. The molecule has 2 N–H and O–H groups in total. The van der Waals surface area contributed by atoms with Gasteiger partial charge in [-0.05, 0) is 65.4 Å². The van der Waals surface area contributed by atoms with Gasteiger partial charge in [-0.15, -0.1) is 15.0 Å². The fraction of sp³-hybridized carbons (Fsp3) is 0.462. The Labute approximate surface area is 336 Å². The van der Waals surface area contributed by atoms with Crippen LogP contribution in [0, 0.1) is 0 Å². The Hall–Kier alpha value is -6.21. The first kappa shape index (κ1) is 49.8. The van der Waals surface area contributed by atoms with E-state index in [2.05, 4.69) is 47.8 Å². The monoisotopic (exact) mass is 817 g/mol. The normalized spacial score (nSPS) is 11.2. The third-order valence-corrected chi connectivity index (χ3v) is 6.86. The zero-order valence-corrected chi connectivity index (χ0v) is 33.0. The van der Waals surface area contributed by atoms with Crippen molar-refractivity contribution in [1.82, 2.24) is 15.0 Å². The van der Waals surface area contributed by atoms with E-state index >= 15 is 0 Å². The highest BCUT2D eigenvalue weighted by atomic mass is 16.6. The molecule has 1 heterocycles. The molecule has 0 bridgehead atoms. The zero-order valence-electron chi connectivity index (χ0n) is 33.0. The van der Waals surface area contributed by atoms with Crippen LogP contribution in [-0.2, 0) is 52.5 Å². The van der Waals surface area contributed by atoms with Crippen molar-refractivity contribution < 1.29 is 76.9 Å². The third kappa shape index (κ3) is 20.6. The molecule has 1 rings (SSSR count). The maximum atomic E-state index is 13.3. The highest BCUT2D eigenvalue weighted by Gasteiger charge is 2.23. The minimum Gasteiger partial charge on any atom is -0.462 e. The molecule has 0 radical (unpaired) electrons. The Morgan fingerprint density at radius 1 is 0.552 bits per heavy atom. The van der Waals surface area contributed by atoms with Gasteiger partial charge in [0.05, 0.1) is 6.61 Å². The number of hydrogen-bond donors (Lipinski definition) is 2. The number of aromatic nitrogens is 3. The second kappa shape index (κ2) is 27.4. The molecular formula is C39H51N3O16. The largest absolute Gasteiger partial charge is 0.462 e. The van der Waals surface area contributed by atoms with E-state index in [1.165, 1.54) is 20.8 Å². The van der Waals surface area contributed by atoms with Crippen LogP contribution < -0.4 is 14.2 Å². The Morgan fingerprint density at radius 2 is 1.00 bits per heavy atom. The van der Waals surface area contributed by atoms with Crippen molar-refractivity contribution in [3.05, 3.63) is 72.4 Å². The van der Waals surface area contributed by atoms with E-state index in [1.807, 2.05) is 0 Å². The van der Waals surface area contributed by atoms with Crippen LogP contribution in [0.2, 0.25) is 0 Å². The summed E-state index contributed by atoms with van der Waals surface area (Å²) >= 11 is 0. The van der Waals surface area contributed by atoms with E-state index in [1.54, 1.807) is 0 Å². The number of carbonyl (C=O) groups is 6. The summed E-state index contributed by atoms with van der Waals surface area (Å²) < 4.78 is 42.4. The molecule has 0 amide bonds. The maximum Gasteiger partial charge on any atom is 0.341 e. The Morgan fingerprint density at radius 3 is 1.47 bits per heavy atom. The first-order valence-corrected chi connectivity index (χ1v) is 17.9. The molecule has 0 saturated carbocycles. The van der Waals surface area contributed by atoms with Crippen LogP contribution in [0.25, 0.3) is 0 Å². The van der Waals surface area contributed by atoms with Crippen LogP contribution in [0.1, 0.15) is 59.3 Å². The van der Waals surface area contributed by atoms with Crippen molar-refractivity contribution >= 4 is 35.8 Å². The third-order valence-electron chi connectivity index (χ3n) is 6.86. The van der Waals surface area contributed by atoms with E-state index in [-0.39, 0.29) is 124 Å². The fourth-order valence-electron chi connectivity index (χ4n) is 3.82. The molecule has 0 aromatic carbocycles. The molecule has 0 aliphatic heterocycles. The van der Waals surface area contributed by atoms with E-state index in [9.17, 15) is 28.8 Å². The van der Waals surface area contributed by atoms with Crippen molar-refractivity contribution in [2.75, 3.05) is 52.9 Å². The molecule has 318 valence electrons. The number of aliphatic hydroxyl groups excluding tert-OH is 2. The van der Waals surface area contributed by atoms with Gasteiger partial charge in [-0.1, -0.05) is 32.9 Å². The van der Waals surface area contributed by atoms with Crippen LogP contribution in [-0.4, -0.2) is 120 Å². The Kier molecular flexibility index (Phi) is 23.5. The number of nitrogens with zero attached hydrogens (tertiary/aromatic N) is 3. The molecule has 0 aliphatic rings. The summed E-state index contributed by atoms with van der Waals surface area (Å²) in [7, 11) is 0. The molecule has 0 aliphatic carbocycles. The summed E-state index contributed by atoms with van der Waals surface area (Å²) in [6.07, 6.45) is 0.378. The molecule has 1 aromatic heterocycles. The molecule has 0 spiro atoms. The summed E-state index contributed by atoms with van der Waals surface area (Å²) in [6.45, 7) is 20.1. The standard InChI is InChI=1S/C39H51N3O16/c1-24(2)31(45)52-18-20-54-37-40-38(55-21-19-53-32(46)25(3)4)42-39(41-37)56-23-30(57-33(47)26(5)6)22-29(36(50)58-35(49)28(8)13-10-16-44)14-11-17-51-34(48)27(7)12-9-15-43/h22,30,43-44H,1,3,5,7-21,23H2,2,4,6H3. The first-order chi connectivity index (χ1) is 27.5.